The highest BCUT2D eigenvalue weighted by atomic mass is 16.5. The van der Waals surface area contributed by atoms with Gasteiger partial charge in [0.2, 0.25) is 0 Å². The van der Waals surface area contributed by atoms with Gasteiger partial charge in [0.1, 0.15) is 11.2 Å². The topological polar surface area (TPSA) is 91.2 Å². The van der Waals surface area contributed by atoms with Crippen molar-refractivity contribution in [1.29, 1.82) is 5.26 Å². The predicted octanol–water partition coefficient (Wildman–Crippen LogP) is 4.83. The molecule has 0 aromatic heterocycles. The minimum absolute atomic E-state index is 0.382. The van der Waals surface area contributed by atoms with E-state index in [4.69, 9.17) is 10.00 Å². The lowest BCUT2D eigenvalue weighted by molar-refractivity contribution is -0.125. The molecule has 1 fully saturated rings. The number of unbranched alkanes of at least 4 members (excludes halogenated alkanes) is 8. The Bertz CT molecular complexity index is 751. The predicted molar refractivity (Wildman–Crippen MR) is 117 cm³/mol. The van der Waals surface area contributed by atoms with E-state index in [0.717, 1.165) is 18.4 Å². The van der Waals surface area contributed by atoms with Gasteiger partial charge in [-0.2, -0.15) is 5.26 Å². The largest absolute Gasteiger partial charge is 0.496 e. The summed E-state index contributed by atoms with van der Waals surface area (Å²) in [5.74, 6) is -0.440. The van der Waals surface area contributed by atoms with Crippen molar-refractivity contribution in [2.75, 3.05) is 7.11 Å². The van der Waals surface area contributed by atoms with Crippen LogP contribution in [-0.4, -0.2) is 18.9 Å². The van der Waals surface area contributed by atoms with E-state index in [0.29, 0.717) is 24.2 Å². The SMILES string of the molecule is CCCCCCCCCCCc1ccc(OC)c(C(=O)NNC(=O)C2(C#N)CC2)c1. The average molecular weight is 414 g/mol. The molecule has 0 unspecified atom stereocenters. The molecule has 0 radical (unpaired) electrons. The molecule has 2 N–H and O–H groups in total. The van der Waals surface area contributed by atoms with Crippen LogP contribution in [0.15, 0.2) is 18.2 Å². The van der Waals surface area contributed by atoms with Crippen LogP contribution in [0.4, 0.5) is 0 Å². The maximum Gasteiger partial charge on any atom is 0.273 e. The van der Waals surface area contributed by atoms with Crippen molar-refractivity contribution in [3.05, 3.63) is 29.3 Å². The highest BCUT2D eigenvalue weighted by molar-refractivity contribution is 5.99. The second-order valence-electron chi connectivity index (χ2n) is 8.22. The molecule has 0 atom stereocenters. The number of hydrogen-bond acceptors (Lipinski definition) is 4. The zero-order valence-electron chi connectivity index (χ0n) is 18.4. The third-order valence-corrected chi connectivity index (χ3v) is 5.77. The van der Waals surface area contributed by atoms with Gasteiger partial charge in [0.05, 0.1) is 18.7 Å². The van der Waals surface area contributed by atoms with Gasteiger partial charge in [0, 0.05) is 0 Å². The number of benzene rings is 1. The van der Waals surface area contributed by atoms with Crippen LogP contribution in [-0.2, 0) is 11.2 Å². The van der Waals surface area contributed by atoms with Gasteiger partial charge in [-0.1, -0.05) is 64.4 Å². The Morgan fingerprint density at radius 2 is 1.67 bits per heavy atom. The summed E-state index contributed by atoms with van der Waals surface area (Å²) in [7, 11) is 1.51. The minimum Gasteiger partial charge on any atom is -0.496 e. The smallest absolute Gasteiger partial charge is 0.273 e. The van der Waals surface area contributed by atoms with Crippen molar-refractivity contribution in [3.8, 4) is 11.8 Å². The first-order valence-electron chi connectivity index (χ1n) is 11.3. The Kier molecular flexibility index (Phi) is 9.66. The van der Waals surface area contributed by atoms with E-state index in [1.54, 1.807) is 6.07 Å². The summed E-state index contributed by atoms with van der Waals surface area (Å²) in [6.45, 7) is 2.24. The summed E-state index contributed by atoms with van der Waals surface area (Å²) < 4.78 is 5.30. The average Bonchev–Trinajstić information content (AvgIpc) is 3.57. The van der Waals surface area contributed by atoms with Crippen LogP contribution in [0.25, 0.3) is 0 Å². The van der Waals surface area contributed by atoms with Crippen molar-refractivity contribution in [2.45, 2.75) is 84.0 Å². The van der Waals surface area contributed by atoms with Crippen LogP contribution in [0.5, 0.6) is 5.75 Å². The fourth-order valence-electron chi connectivity index (χ4n) is 3.54. The molecule has 0 bridgehead atoms. The minimum atomic E-state index is -0.977. The quantitative estimate of drug-likeness (QED) is 0.358. The molecular formula is C24H35N3O3. The van der Waals surface area contributed by atoms with E-state index < -0.39 is 17.2 Å². The van der Waals surface area contributed by atoms with Crippen LogP contribution in [0, 0.1) is 16.7 Å². The van der Waals surface area contributed by atoms with Gasteiger partial charge in [-0.25, -0.2) is 0 Å². The maximum atomic E-state index is 12.6. The number of nitrogens with zero attached hydrogens (tertiary/aromatic N) is 1. The van der Waals surface area contributed by atoms with Crippen molar-refractivity contribution >= 4 is 11.8 Å². The summed E-state index contributed by atoms with van der Waals surface area (Å²) in [5.41, 5.74) is 5.27. The number of methoxy groups -OCH3 is 1. The molecule has 0 heterocycles. The lowest BCUT2D eigenvalue weighted by Gasteiger charge is -2.13. The summed E-state index contributed by atoms with van der Waals surface area (Å²) in [5, 5.41) is 9.07. The maximum absolute atomic E-state index is 12.6. The van der Waals surface area contributed by atoms with E-state index in [9.17, 15) is 9.59 Å². The summed E-state index contributed by atoms with van der Waals surface area (Å²) in [6, 6.07) is 7.60. The molecule has 1 saturated carbocycles. The Hall–Kier alpha value is -2.55. The number of hydrazine groups is 1. The van der Waals surface area contributed by atoms with Crippen molar-refractivity contribution in [2.24, 2.45) is 5.41 Å². The third kappa shape index (κ3) is 7.05. The second-order valence-corrected chi connectivity index (χ2v) is 8.22. The molecule has 0 aliphatic heterocycles. The molecule has 164 valence electrons. The number of rotatable bonds is 13. The number of carbonyl (C=O) groups excluding carboxylic acids is 2. The number of hydrogen-bond donors (Lipinski definition) is 2. The Morgan fingerprint density at radius 1 is 1.03 bits per heavy atom. The van der Waals surface area contributed by atoms with E-state index in [1.807, 2.05) is 18.2 Å². The molecule has 1 aliphatic rings. The first-order chi connectivity index (χ1) is 14.6. The van der Waals surface area contributed by atoms with Gasteiger partial charge in [0.15, 0.2) is 0 Å². The molecule has 1 aliphatic carbocycles. The lowest BCUT2D eigenvalue weighted by Crippen LogP contribution is -2.45. The number of nitriles is 1. The highest BCUT2D eigenvalue weighted by Crippen LogP contribution is 2.44. The Morgan fingerprint density at radius 3 is 2.23 bits per heavy atom. The Balaban J connectivity index is 1.78. The van der Waals surface area contributed by atoms with Gasteiger partial charge in [-0.05, 0) is 43.4 Å². The fourth-order valence-corrected chi connectivity index (χ4v) is 3.54. The first-order valence-corrected chi connectivity index (χ1v) is 11.3. The second kappa shape index (κ2) is 12.2. The number of aryl methyl sites for hydroxylation is 1. The molecule has 0 saturated heterocycles. The first kappa shape index (κ1) is 23.7. The van der Waals surface area contributed by atoms with Gasteiger partial charge in [-0.3, -0.25) is 20.4 Å². The normalized spacial score (nSPS) is 13.9. The molecule has 6 nitrogen and oxygen atoms in total. The molecule has 2 amide bonds. The summed E-state index contributed by atoms with van der Waals surface area (Å²) in [6.07, 6.45) is 13.4. The summed E-state index contributed by atoms with van der Waals surface area (Å²) >= 11 is 0. The molecule has 6 heteroatoms. The number of carbonyl (C=O) groups is 2. The molecular weight excluding hydrogens is 378 g/mol. The van der Waals surface area contributed by atoms with Crippen LogP contribution in [0.3, 0.4) is 0 Å². The number of nitrogens with one attached hydrogen (secondary N) is 2. The zero-order chi connectivity index (χ0) is 21.8. The van der Waals surface area contributed by atoms with Crippen LogP contribution < -0.4 is 15.6 Å². The van der Waals surface area contributed by atoms with Crippen LogP contribution >= 0.6 is 0 Å². The molecule has 1 aromatic carbocycles. The van der Waals surface area contributed by atoms with E-state index in [-0.39, 0.29) is 0 Å². The van der Waals surface area contributed by atoms with Gasteiger partial charge < -0.3 is 4.74 Å². The van der Waals surface area contributed by atoms with Crippen LogP contribution in [0.1, 0.15) is 93.5 Å². The van der Waals surface area contributed by atoms with E-state index in [1.165, 1.54) is 58.5 Å². The van der Waals surface area contributed by atoms with Gasteiger partial charge in [-0.15, -0.1) is 0 Å². The molecule has 1 aromatic rings. The van der Waals surface area contributed by atoms with Gasteiger partial charge in [0.25, 0.3) is 11.8 Å². The van der Waals surface area contributed by atoms with Crippen molar-refractivity contribution in [1.82, 2.24) is 10.9 Å². The van der Waals surface area contributed by atoms with E-state index in [2.05, 4.69) is 17.8 Å². The molecule has 2 rings (SSSR count). The van der Waals surface area contributed by atoms with Crippen molar-refractivity contribution in [3.63, 3.8) is 0 Å². The molecule has 30 heavy (non-hydrogen) atoms. The van der Waals surface area contributed by atoms with Crippen molar-refractivity contribution < 1.29 is 14.3 Å². The number of ether oxygens (including phenoxy) is 1. The number of amides is 2. The van der Waals surface area contributed by atoms with Crippen LogP contribution in [0.2, 0.25) is 0 Å². The fraction of sp³-hybridized carbons (Fsp3) is 0.625. The standard InChI is InChI=1S/C24H35N3O3/c1-3-4-5-6-7-8-9-10-11-12-19-13-14-21(30-2)20(17-19)22(28)26-27-23(29)24(18-25)15-16-24/h13-14,17H,3-12,15-16H2,1-2H3,(H,26,28)(H,27,29). The lowest BCUT2D eigenvalue weighted by atomic mass is 10.0. The summed E-state index contributed by atoms with van der Waals surface area (Å²) in [4.78, 5) is 24.6. The third-order valence-electron chi connectivity index (χ3n) is 5.77. The van der Waals surface area contributed by atoms with E-state index >= 15 is 0 Å². The Labute approximate surface area is 180 Å². The monoisotopic (exact) mass is 413 g/mol. The van der Waals surface area contributed by atoms with Gasteiger partial charge >= 0.3 is 0 Å². The molecule has 0 spiro atoms. The zero-order valence-corrected chi connectivity index (χ0v) is 18.4. The highest BCUT2D eigenvalue weighted by Gasteiger charge is 2.50.